The van der Waals surface area contributed by atoms with Crippen molar-refractivity contribution < 1.29 is 9.53 Å². The summed E-state index contributed by atoms with van der Waals surface area (Å²) in [7, 11) is 1.61. The van der Waals surface area contributed by atoms with Crippen LogP contribution < -0.4 is 10.1 Å². The van der Waals surface area contributed by atoms with Crippen molar-refractivity contribution in [2.24, 2.45) is 0 Å². The quantitative estimate of drug-likeness (QED) is 0.686. The Morgan fingerprint density at radius 3 is 2.80 bits per heavy atom. The Balaban J connectivity index is 1.58. The molecule has 0 saturated carbocycles. The number of carbonyl (C=O) groups is 1. The lowest BCUT2D eigenvalue weighted by molar-refractivity contribution is -0.111. The molecule has 6 heteroatoms. The topological polar surface area (TPSA) is 64.1 Å². The molecule has 0 aliphatic rings. The van der Waals surface area contributed by atoms with Gasteiger partial charge in [0.15, 0.2) is 0 Å². The Morgan fingerprint density at radius 2 is 2.00 bits per heavy atom. The second-order valence-corrected chi connectivity index (χ2v) is 6.32. The number of ether oxygens (including phenoxy) is 1. The summed E-state index contributed by atoms with van der Waals surface area (Å²) in [5, 5.41) is 12.2. The maximum atomic E-state index is 12.0. The van der Waals surface area contributed by atoms with E-state index >= 15 is 0 Å². The molecule has 126 valence electrons. The van der Waals surface area contributed by atoms with E-state index in [2.05, 4.69) is 15.5 Å². The first-order valence-corrected chi connectivity index (χ1v) is 8.54. The Morgan fingerprint density at radius 1 is 1.16 bits per heavy atom. The molecule has 2 aromatic carbocycles. The number of rotatable bonds is 6. The fraction of sp³-hybridized carbons (Fsp3) is 0.105. The molecule has 0 saturated heterocycles. The van der Waals surface area contributed by atoms with Crippen LogP contribution in [-0.2, 0) is 11.2 Å². The highest BCUT2D eigenvalue weighted by molar-refractivity contribution is 7.15. The number of benzene rings is 2. The second-order valence-electron chi connectivity index (χ2n) is 5.26. The van der Waals surface area contributed by atoms with Crippen molar-refractivity contribution in [1.29, 1.82) is 0 Å². The van der Waals surface area contributed by atoms with Gasteiger partial charge in [-0.05, 0) is 29.3 Å². The van der Waals surface area contributed by atoms with Crippen LogP contribution in [0.5, 0.6) is 5.75 Å². The standard InChI is InChI=1S/C19H17N3O2S/c1-24-16-9-5-8-15(12-16)10-11-17(23)20-19-22-21-18(25-19)13-14-6-3-2-4-7-14/h2-12H,13H2,1H3,(H,20,22,23)/b11-10+. The Bertz CT molecular complexity index is 875. The van der Waals surface area contributed by atoms with Crippen LogP contribution in [0.25, 0.3) is 6.08 Å². The molecule has 1 N–H and O–H groups in total. The van der Waals surface area contributed by atoms with Crippen LogP contribution in [0.15, 0.2) is 60.7 Å². The maximum absolute atomic E-state index is 12.0. The highest BCUT2D eigenvalue weighted by atomic mass is 32.1. The molecule has 0 atom stereocenters. The number of nitrogens with zero attached hydrogens (tertiary/aromatic N) is 2. The summed E-state index contributed by atoms with van der Waals surface area (Å²) in [5.74, 6) is 0.502. The van der Waals surface area contributed by atoms with Gasteiger partial charge >= 0.3 is 0 Å². The van der Waals surface area contributed by atoms with Crippen molar-refractivity contribution in [3.8, 4) is 5.75 Å². The van der Waals surface area contributed by atoms with Crippen LogP contribution in [0.3, 0.4) is 0 Å². The molecule has 25 heavy (non-hydrogen) atoms. The number of anilines is 1. The zero-order chi connectivity index (χ0) is 17.5. The summed E-state index contributed by atoms with van der Waals surface area (Å²) in [6.45, 7) is 0. The second kappa shape index (κ2) is 8.21. The van der Waals surface area contributed by atoms with E-state index in [0.717, 1.165) is 21.9 Å². The van der Waals surface area contributed by atoms with Gasteiger partial charge in [-0.15, -0.1) is 10.2 Å². The maximum Gasteiger partial charge on any atom is 0.250 e. The monoisotopic (exact) mass is 351 g/mol. The van der Waals surface area contributed by atoms with Gasteiger partial charge in [0, 0.05) is 12.5 Å². The third-order valence-corrected chi connectivity index (χ3v) is 4.25. The number of aromatic nitrogens is 2. The molecule has 5 nitrogen and oxygen atoms in total. The number of hydrogen-bond acceptors (Lipinski definition) is 5. The van der Waals surface area contributed by atoms with Gasteiger partial charge in [-0.1, -0.05) is 53.8 Å². The van der Waals surface area contributed by atoms with Crippen LogP contribution in [0.1, 0.15) is 16.1 Å². The normalized spacial score (nSPS) is 10.8. The molecule has 1 amide bonds. The number of hydrogen-bond donors (Lipinski definition) is 1. The molecule has 0 fully saturated rings. The number of carbonyl (C=O) groups excluding carboxylic acids is 1. The van der Waals surface area contributed by atoms with Gasteiger partial charge in [-0.2, -0.15) is 0 Å². The van der Waals surface area contributed by atoms with E-state index in [1.165, 1.54) is 17.4 Å². The lowest BCUT2D eigenvalue weighted by Crippen LogP contribution is -2.07. The first kappa shape index (κ1) is 16.9. The highest BCUT2D eigenvalue weighted by Crippen LogP contribution is 2.19. The summed E-state index contributed by atoms with van der Waals surface area (Å²) in [6, 6.07) is 17.5. The minimum Gasteiger partial charge on any atom is -0.497 e. The summed E-state index contributed by atoms with van der Waals surface area (Å²) in [6.07, 6.45) is 3.89. The van der Waals surface area contributed by atoms with E-state index in [0.29, 0.717) is 11.6 Å². The van der Waals surface area contributed by atoms with E-state index < -0.39 is 0 Å². The van der Waals surface area contributed by atoms with Gasteiger partial charge < -0.3 is 4.74 Å². The van der Waals surface area contributed by atoms with E-state index in [-0.39, 0.29) is 5.91 Å². The molecule has 0 bridgehead atoms. The molecule has 0 unspecified atom stereocenters. The van der Waals surface area contributed by atoms with Crippen LogP contribution >= 0.6 is 11.3 Å². The third kappa shape index (κ3) is 4.99. The average Bonchev–Trinajstić information content (AvgIpc) is 3.08. The predicted molar refractivity (Wildman–Crippen MR) is 99.8 cm³/mol. The SMILES string of the molecule is COc1cccc(/C=C/C(=O)Nc2nnc(Cc3ccccc3)s2)c1. The van der Waals surface area contributed by atoms with Crippen molar-refractivity contribution in [2.75, 3.05) is 12.4 Å². The summed E-state index contributed by atoms with van der Waals surface area (Å²) < 4.78 is 5.16. The van der Waals surface area contributed by atoms with E-state index in [1.54, 1.807) is 13.2 Å². The van der Waals surface area contributed by atoms with Crippen molar-refractivity contribution in [3.05, 3.63) is 76.8 Å². The number of methoxy groups -OCH3 is 1. The third-order valence-electron chi connectivity index (χ3n) is 3.42. The predicted octanol–water partition coefficient (Wildman–Crippen LogP) is 3.79. The Kier molecular flexibility index (Phi) is 5.53. The van der Waals surface area contributed by atoms with Gasteiger partial charge in [-0.25, -0.2) is 0 Å². The van der Waals surface area contributed by atoms with Crippen LogP contribution in [0, 0.1) is 0 Å². The summed E-state index contributed by atoms with van der Waals surface area (Å²) >= 11 is 1.38. The van der Waals surface area contributed by atoms with E-state index in [1.807, 2.05) is 54.6 Å². The smallest absolute Gasteiger partial charge is 0.250 e. The first-order valence-electron chi connectivity index (χ1n) is 7.72. The highest BCUT2D eigenvalue weighted by Gasteiger charge is 2.07. The number of amides is 1. The van der Waals surface area contributed by atoms with E-state index in [9.17, 15) is 4.79 Å². The fourth-order valence-electron chi connectivity index (χ4n) is 2.21. The minimum atomic E-state index is -0.245. The van der Waals surface area contributed by atoms with Gasteiger partial charge in [-0.3, -0.25) is 10.1 Å². The summed E-state index contributed by atoms with van der Waals surface area (Å²) in [4.78, 5) is 12.0. The van der Waals surface area contributed by atoms with Crippen LogP contribution in [0.2, 0.25) is 0 Å². The lowest BCUT2D eigenvalue weighted by atomic mass is 10.2. The zero-order valence-electron chi connectivity index (χ0n) is 13.7. The molecule has 0 spiro atoms. The van der Waals surface area contributed by atoms with Crippen molar-refractivity contribution in [3.63, 3.8) is 0 Å². The minimum absolute atomic E-state index is 0.245. The van der Waals surface area contributed by atoms with Crippen molar-refractivity contribution in [2.45, 2.75) is 6.42 Å². The van der Waals surface area contributed by atoms with Gasteiger partial charge in [0.25, 0.3) is 0 Å². The Hall–Kier alpha value is -2.99. The van der Waals surface area contributed by atoms with E-state index in [4.69, 9.17) is 4.74 Å². The first-order chi connectivity index (χ1) is 12.2. The molecule has 0 aliphatic carbocycles. The van der Waals surface area contributed by atoms with Crippen molar-refractivity contribution >= 4 is 28.5 Å². The summed E-state index contributed by atoms with van der Waals surface area (Å²) in [5.41, 5.74) is 2.05. The molecule has 0 aliphatic heterocycles. The Labute approximate surface area is 150 Å². The fourth-order valence-corrected chi connectivity index (χ4v) is 2.99. The average molecular weight is 351 g/mol. The molecular weight excluding hydrogens is 334 g/mol. The van der Waals surface area contributed by atoms with Crippen LogP contribution in [-0.4, -0.2) is 23.2 Å². The zero-order valence-corrected chi connectivity index (χ0v) is 14.5. The van der Waals surface area contributed by atoms with Gasteiger partial charge in [0.2, 0.25) is 11.0 Å². The van der Waals surface area contributed by atoms with Gasteiger partial charge in [0.05, 0.1) is 7.11 Å². The van der Waals surface area contributed by atoms with Crippen molar-refractivity contribution in [1.82, 2.24) is 10.2 Å². The molecule has 3 rings (SSSR count). The lowest BCUT2D eigenvalue weighted by Gasteiger charge is -2.00. The largest absolute Gasteiger partial charge is 0.497 e. The molecule has 3 aromatic rings. The number of nitrogens with one attached hydrogen (secondary N) is 1. The molecule has 1 heterocycles. The molecular formula is C19H17N3O2S. The molecule has 1 aromatic heterocycles. The van der Waals surface area contributed by atoms with Gasteiger partial charge in [0.1, 0.15) is 10.8 Å². The van der Waals surface area contributed by atoms with Crippen LogP contribution in [0.4, 0.5) is 5.13 Å². The molecule has 0 radical (unpaired) electrons.